The number of aliphatic hydroxyl groups is 2. The molecule has 4 nitrogen and oxygen atoms in total. The number of carbonyl (C=O) groups excluding carboxylic acids is 1. The Hall–Kier alpha value is -1.23. The summed E-state index contributed by atoms with van der Waals surface area (Å²) in [5, 5.41) is 18.5. The summed E-state index contributed by atoms with van der Waals surface area (Å²) in [6.07, 6.45) is -2.73. The largest absolute Gasteiger partial charge is 0.393 e. The second-order valence-corrected chi connectivity index (χ2v) is 3.49. The quantitative estimate of drug-likeness (QED) is 0.720. The predicted molar refractivity (Wildman–Crippen MR) is 52.2 cm³/mol. The van der Waals surface area contributed by atoms with Crippen molar-refractivity contribution in [3.05, 3.63) is 35.9 Å². The van der Waals surface area contributed by atoms with E-state index in [1.165, 1.54) is 0 Å². The highest BCUT2D eigenvalue weighted by Gasteiger charge is 2.42. The van der Waals surface area contributed by atoms with E-state index in [-0.39, 0.29) is 6.61 Å². The Kier molecular flexibility index (Phi) is 2.81. The second-order valence-electron chi connectivity index (χ2n) is 3.49. The van der Waals surface area contributed by atoms with Gasteiger partial charge in [0.1, 0.15) is 18.3 Å². The minimum atomic E-state index is -1.18. The van der Waals surface area contributed by atoms with Crippen LogP contribution in [0.3, 0.4) is 0 Å². The van der Waals surface area contributed by atoms with Crippen LogP contribution >= 0.6 is 0 Å². The van der Waals surface area contributed by atoms with E-state index in [4.69, 9.17) is 9.84 Å². The van der Waals surface area contributed by atoms with Crippen LogP contribution in [0.4, 0.5) is 0 Å². The number of hydrogen-bond donors (Lipinski definition) is 2. The minimum absolute atomic E-state index is 0.390. The third-order valence-electron chi connectivity index (χ3n) is 2.50. The first-order valence-electron chi connectivity index (χ1n) is 4.77. The first-order valence-corrected chi connectivity index (χ1v) is 4.77. The maximum atomic E-state index is 11.4. The van der Waals surface area contributed by atoms with Crippen molar-refractivity contribution in [3.63, 3.8) is 0 Å². The summed E-state index contributed by atoms with van der Waals surface area (Å²) in [6.45, 7) is -0.390. The van der Waals surface area contributed by atoms with E-state index < -0.39 is 24.1 Å². The maximum absolute atomic E-state index is 11.4. The van der Waals surface area contributed by atoms with Gasteiger partial charge in [-0.05, 0) is 5.56 Å². The molecular weight excluding hydrogens is 196 g/mol. The highest BCUT2D eigenvalue weighted by atomic mass is 16.5. The summed E-state index contributed by atoms with van der Waals surface area (Å²) in [5.74, 6) is -0.452. The highest BCUT2D eigenvalue weighted by molar-refractivity contribution is 5.89. The first-order chi connectivity index (χ1) is 7.24. The third kappa shape index (κ3) is 1.79. The number of ether oxygens (including phenoxy) is 1. The highest BCUT2D eigenvalue weighted by Crippen LogP contribution is 2.30. The SMILES string of the molecule is O=C1C(CO)OC(c2ccccc2)C1O. The lowest BCUT2D eigenvalue weighted by Crippen LogP contribution is -2.26. The molecule has 0 radical (unpaired) electrons. The molecular formula is C11H12O4. The number of aliphatic hydroxyl groups excluding tert-OH is 2. The van der Waals surface area contributed by atoms with E-state index >= 15 is 0 Å². The van der Waals surface area contributed by atoms with Crippen molar-refractivity contribution >= 4 is 5.78 Å². The Morgan fingerprint density at radius 1 is 1.27 bits per heavy atom. The van der Waals surface area contributed by atoms with Crippen LogP contribution in [-0.4, -0.2) is 34.8 Å². The Morgan fingerprint density at radius 2 is 1.93 bits per heavy atom. The zero-order chi connectivity index (χ0) is 10.8. The molecule has 1 fully saturated rings. The van der Waals surface area contributed by atoms with Gasteiger partial charge < -0.3 is 14.9 Å². The monoisotopic (exact) mass is 208 g/mol. The summed E-state index contributed by atoms with van der Waals surface area (Å²) in [4.78, 5) is 11.4. The molecule has 1 aliphatic heterocycles. The van der Waals surface area contributed by atoms with Gasteiger partial charge in [-0.2, -0.15) is 0 Å². The molecule has 4 heteroatoms. The van der Waals surface area contributed by atoms with Crippen molar-refractivity contribution in [1.29, 1.82) is 0 Å². The van der Waals surface area contributed by atoms with E-state index in [1.54, 1.807) is 12.1 Å². The van der Waals surface area contributed by atoms with Gasteiger partial charge in [-0.15, -0.1) is 0 Å². The number of carbonyl (C=O) groups is 1. The van der Waals surface area contributed by atoms with Gasteiger partial charge in [0.15, 0.2) is 5.78 Å². The van der Waals surface area contributed by atoms with Gasteiger partial charge in [-0.3, -0.25) is 4.79 Å². The first kappa shape index (κ1) is 10.3. The van der Waals surface area contributed by atoms with Gasteiger partial charge in [0, 0.05) is 0 Å². The third-order valence-corrected chi connectivity index (χ3v) is 2.50. The Morgan fingerprint density at radius 3 is 2.47 bits per heavy atom. The van der Waals surface area contributed by atoms with Gasteiger partial charge in [0.05, 0.1) is 6.61 Å². The van der Waals surface area contributed by atoms with Gasteiger partial charge in [-0.1, -0.05) is 30.3 Å². The molecule has 0 amide bonds. The standard InChI is InChI=1S/C11H12O4/c12-6-8-9(13)10(14)11(15-8)7-4-2-1-3-5-7/h1-5,8,10-12,14H,6H2. The second kappa shape index (κ2) is 4.10. The number of Topliss-reactive ketones (excluding diaryl/α,β-unsaturated/α-hetero) is 1. The van der Waals surface area contributed by atoms with Crippen molar-refractivity contribution in [1.82, 2.24) is 0 Å². The zero-order valence-electron chi connectivity index (χ0n) is 8.04. The summed E-state index contributed by atoms with van der Waals surface area (Å²) < 4.78 is 5.27. The van der Waals surface area contributed by atoms with Crippen molar-refractivity contribution < 1.29 is 19.7 Å². The van der Waals surface area contributed by atoms with Crippen molar-refractivity contribution in [2.75, 3.05) is 6.61 Å². The lowest BCUT2D eigenvalue weighted by molar-refractivity contribution is -0.128. The number of benzene rings is 1. The average Bonchev–Trinajstić information content (AvgIpc) is 2.57. The van der Waals surface area contributed by atoms with E-state index in [2.05, 4.69) is 0 Å². The van der Waals surface area contributed by atoms with Gasteiger partial charge >= 0.3 is 0 Å². The molecule has 2 rings (SSSR count). The normalized spacial score (nSPS) is 30.8. The van der Waals surface area contributed by atoms with E-state index in [0.717, 1.165) is 5.56 Å². The Bertz CT molecular complexity index is 349. The van der Waals surface area contributed by atoms with Crippen LogP contribution < -0.4 is 0 Å². The molecule has 2 N–H and O–H groups in total. The number of rotatable bonds is 2. The summed E-state index contributed by atoms with van der Waals surface area (Å²) in [6, 6.07) is 9.02. The summed E-state index contributed by atoms with van der Waals surface area (Å²) >= 11 is 0. The van der Waals surface area contributed by atoms with Gasteiger partial charge in [0.2, 0.25) is 0 Å². The molecule has 1 aromatic rings. The Labute approximate surface area is 87.1 Å². The molecule has 1 aromatic carbocycles. The molecule has 1 heterocycles. The van der Waals surface area contributed by atoms with Crippen molar-refractivity contribution in [3.8, 4) is 0 Å². The molecule has 1 aliphatic rings. The minimum Gasteiger partial charge on any atom is -0.393 e. The summed E-state index contributed by atoms with van der Waals surface area (Å²) in [7, 11) is 0. The van der Waals surface area contributed by atoms with E-state index in [0.29, 0.717) is 0 Å². The number of ketones is 1. The molecule has 80 valence electrons. The van der Waals surface area contributed by atoms with Crippen LogP contribution in [0.15, 0.2) is 30.3 Å². The van der Waals surface area contributed by atoms with E-state index in [1.807, 2.05) is 18.2 Å². The van der Waals surface area contributed by atoms with Crippen molar-refractivity contribution in [2.24, 2.45) is 0 Å². The smallest absolute Gasteiger partial charge is 0.195 e. The van der Waals surface area contributed by atoms with Gasteiger partial charge in [-0.25, -0.2) is 0 Å². The zero-order valence-corrected chi connectivity index (χ0v) is 8.04. The fraction of sp³-hybridized carbons (Fsp3) is 0.364. The molecule has 0 bridgehead atoms. The lowest BCUT2D eigenvalue weighted by atomic mass is 10.0. The molecule has 0 aliphatic carbocycles. The predicted octanol–water partition coefficient (Wildman–Crippen LogP) is 0.0488. The molecule has 0 saturated carbocycles. The Balaban J connectivity index is 2.22. The molecule has 15 heavy (non-hydrogen) atoms. The molecule has 3 unspecified atom stereocenters. The fourth-order valence-electron chi connectivity index (χ4n) is 1.69. The number of hydrogen-bond acceptors (Lipinski definition) is 4. The van der Waals surface area contributed by atoms with Crippen LogP contribution in [-0.2, 0) is 9.53 Å². The van der Waals surface area contributed by atoms with E-state index in [9.17, 15) is 9.90 Å². The molecule has 0 aromatic heterocycles. The molecule has 1 saturated heterocycles. The summed E-state index contributed by atoms with van der Waals surface area (Å²) in [5.41, 5.74) is 0.745. The van der Waals surface area contributed by atoms with Crippen LogP contribution in [0.25, 0.3) is 0 Å². The maximum Gasteiger partial charge on any atom is 0.195 e. The lowest BCUT2D eigenvalue weighted by Gasteiger charge is -2.12. The van der Waals surface area contributed by atoms with Crippen LogP contribution in [0.5, 0.6) is 0 Å². The van der Waals surface area contributed by atoms with Crippen molar-refractivity contribution in [2.45, 2.75) is 18.3 Å². The molecule has 3 atom stereocenters. The average molecular weight is 208 g/mol. The van der Waals surface area contributed by atoms with Crippen LogP contribution in [0.1, 0.15) is 11.7 Å². The van der Waals surface area contributed by atoms with Crippen LogP contribution in [0.2, 0.25) is 0 Å². The fourth-order valence-corrected chi connectivity index (χ4v) is 1.69. The van der Waals surface area contributed by atoms with Gasteiger partial charge in [0.25, 0.3) is 0 Å². The van der Waals surface area contributed by atoms with Crippen LogP contribution in [0, 0.1) is 0 Å². The molecule has 0 spiro atoms. The topological polar surface area (TPSA) is 66.8 Å².